The van der Waals surface area contributed by atoms with Gasteiger partial charge < -0.3 is 4.98 Å². The third kappa shape index (κ3) is 4.11. The minimum atomic E-state index is 0.766. The van der Waals surface area contributed by atoms with Crippen molar-refractivity contribution in [2.24, 2.45) is 5.10 Å². The number of fused-ring (bicyclic) bond motifs is 1. The van der Waals surface area contributed by atoms with Crippen molar-refractivity contribution in [2.45, 2.75) is 33.1 Å². The van der Waals surface area contributed by atoms with E-state index in [-0.39, 0.29) is 0 Å². The van der Waals surface area contributed by atoms with Crippen LogP contribution in [0.15, 0.2) is 42.0 Å². The molecule has 1 aromatic carbocycles. The largest absolute Gasteiger partial charge is 0.355 e. The number of hydrogen-bond acceptors (Lipinski definition) is 3. The van der Waals surface area contributed by atoms with E-state index in [4.69, 9.17) is 0 Å². The molecule has 0 aliphatic rings. The van der Waals surface area contributed by atoms with Crippen molar-refractivity contribution >= 4 is 22.7 Å². The molecule has 122 valence electrons. The van der Waals surface area contributed by atoms with Gasteiger partial charge in [-0.3, -0.25) is 0 Å². The van der Waals surface area contributed by atoms with Crippen LogP contribution in [0.1, 0.15) is 36.6 Å². The van der Waals surface area contributed by atoms with E-state index in [0.717, 1.165) is 28.8 Å². The molecule has 0 radical (unpaired) electrons. The van der Waals surface area contributed by atoms with Gasteiger partial charge in [-0.15, -0.1) is 0 Å². The lowest BCUT2D eigenvalue weighted by Crippen LogP contribution is -2.21. The number of hydrogen-bond donors (Lipinski definition) is 3. The van der Waals surface area contributed by atoms with Gasteiger partial charge in [0, 0.05) is 23.6 Å². The third-order valence-electron chi connectivity index (χ3n) is 3.99. The lowest BCUT2D eigenvalue weighted by Gasteiger charge is -2.05. The summed E-state index contributed by atoms with van der Waals surface area (Å²) in [5, 5.41) is 5.20. The number of aromatic nitrogens is 1. The highest BCUT2D eigenvalue weighted by Gasteiger charge is 2.08. The maximum Gasteiger partial charge on any atom is 0.0556 e. The zero-order valence-electron chi connectivity index (χ0n) is 14.3. The topological polar surface area (TPSA) is 52.2 Å². The molecule has 0 aliphatic heterocycles. The van der Waals surface area contributed by atoms with Crippen LogP contribution in [-0.2, 0) is 6.42 Å². The summed E-state index contributed by atoms with van der Waals surface area (Å²) in [4.78, 5) is 3.45. The van der Waals surface area contributed by atoms with Gasteiger partial charge in [-0.1, -0.05) is 26.5 Å². The summed E-state index contributed by atoms with van der Waals surface area (Å²) >= 11 is 0. The van der Waals surface area contributed by atoms with E-state index in [9.17, 15) is 0 Å². The number of allylic oxidation sites excluding steroid dienone is 2. The minimum absolute atomic E-state index is 0.766. The zero-order chi connectivity index (χ0) is 16.8. The van der Waals surface area contributed by atoms with E-state index in [1.54, 1.807) is 13.3 Å². The van der Waals surface area contributed by atoms with E-state index >= 15 is 0 Å². The molecule has 1 aromatic heterocycles. The predicted molar refractivity (Wildman–Crippen MR) is 101 cm³/mol. The minimum Gasteiger partial charge on any atom is -0.355 e. The Kier molecular flexibility index (Phi) is 5.77. The fourth-order valence-electron chi connectivity index (χ4n) is 2.56. The molecule has 0 bridgehead atoms. The molecule has 2 aromatic rings. The molecule has 4 heteroatoms. The Morgan fingerprint density at radius 1 is 1.30 bits per heavy atom. The van der Waals surface area contributed by atoms with Gasteiger partial charge in [0.25, 0.3) is 0 Å². The molecule has 1 heterocycles. The molecule has 0 spiro atoms. The fourth-order valence-corrected chi connectivity index (χ4v) is 2.56. The highest BCUT2D eigenvalue weighted by Crippen LogP contribution is 2.26. The Balaban J connectivity index is 2.25. The molecular weight excluding hydrogens is 284 g/mol. The average Bonchev–Trinajstić information content (AvgIpc) is 2.94. The van der Waals surface area contributed by atoms with Gasteiger partial charge in [0.1, 0.15) is 0 Å². The van der Waals surface area contributed by atoms with Gasteiger partial charge in [-0.25, -0.2) is 11.0 Å². The smallest absolute Gasteiger partial charge is 0.0556 e. The summed E-state index contributed by atoms with van der Waals surface area (Å²) in [5.41, 5.74) is 11.9. The van der Waals surface area contributed by atoms with E-state index in [0.29, 0.717) is 0 Å². The van der Waals surface area contributed by atoms with Gasteiger partial charge in [-0.2, -0.15) is 5.10 Å². The number of unbranched alkanes of at least 4 members (excludes halogenated alkanes) is 1. The Labute approximate surface area is 138 Å². The lowest BCUT2D eigenvalue weighted by atomic mass is 10.0. The van der Waals surface area contributed by atoms with Crippen molar-refractivity contribution in [3.63, 3.8) is 0 Å². The zero-order valence-corrected chi connectivity index (χ0v) is 14.3. The number of aryl methyl sites for hydroxylation is 2. The Morgan fingerprint density at radius 2 is 2.09 bits per heavy atom. The van der Waals surface area contributed by atoms with Gasteiger partial charge in [0.15, 0.2) is 0 Å². The van der Waals surface area contributed by atoms with Crippen molar-refractivity contribution in [1.29, 1.82) is 0 Å². The third-order valence-corrected chi connectivity index (χ3v) is 3.99. The van der Waals surface area contributed by atoms with Gasteiger partial charge in [-0.05, 0) is 60.2 Å². The molecule has 0 amide bonds. The van der Waals surface area contributed by atoms with Crippen molar-refractivity contribution in [1.82, 2.24) is 15.9 Å². The first-order valence-electron chi connectivity index (χ1n) is 8.02. The SMILES string of the molecule is C=C(/C=N\NNC)C(=C)c1cc2cc(C)c(CCCC)cc2[nH]1. The summed E-state index contributed by atoms with van der Waals surface area (Å²) in [6.45, 7) is 12.5. The molecule has 0 saturated carbocycles. The maximum atomic E-state index is 4.12. The molecule has 0 fully saturated rings. The number of rotatable bonds is 8. The van der Waals surface area contributed by atoms with E-state index in [2.05, 4.69) is 66.3 Å². The molecular formula is C19H26N4. The first-order valence-corrected chi connectivity index (χ1v) is 8.02. The molecule has 23 heavy (non-hydrogen) atoms. The second-order valence-corrected chi connectivity index (χ2v) is 5.78. The van der Waals surface area contributed by atoms with Gasteiger partial charge in [0.2, 0.25) is 0 Å². The number of aromatic amines is 1. The molecule has 0 unspecified atom stereocenters. The van der Waals surface area contributed by atoms with E-state index in [1.165, 1.54) is 29.4 Å². The van der Waals surface area contributed by atoms with E-state index < -0.39 is 0 Å². The first kappa shape index (κ1) is 17.0. The van der Waals surface area contributed by atoms with Crippen LogP contribution in [0, 0.1) is 6.92 Å². The standard InChI is InChI=1S/C19H26N4/c1-6-7-8-16-10-19-17(9-13(16)2)11-18(22-19)15(4)14(3)12-21-23-20-5/h9-12,20,22-23H,3-4,6-8H2,1-2,5H3/b21-12-. The normalized spacial score (nSPS) is 11.3. The molecule has 3 N–H and O–H groups in total. The summed E-state index contributed by atoms with van der Waals surface area (Å²) in [6, 6.07) is 6.63. The highest BCUT2D eigenvalue weighted by atomic mass is 15.5. The van der Waals surface area contributed by atoms with Crippen molar-refractivity contribution < 1.29 is 0 Å². The quantitative estimate of drug-likeness (QED) is 0.390. The van der Waals surface area contributed by atoms with Crippen LogP contribution in [-0.4, -0.2) is 18.2 Å². The Morgan fingerprint density at radius 3 is 2.78 bits per heavy atom. The average molecular weight is 310 g/mol. The number of hydrazone groups is 1. The molecule has 0 aliphatic carbocycles. The molecule has 0 saturated heterocycles. The predicted octanol–water partition coefficient (Wildman–Crippen LogP) is 4.10. The Hall–Kier alpha value is -2.33. The van der Waals surface area contributed by atoms with Gasteiger partial charge >= 0.3 is 0 Å². The summed E-state index contributed by atoms with van der Waals surface area (Å²) in [5.74, 6) is 0. The van der Waals surface area contributed by atoms with Crippen molar-refractivity contribution in [3.8, 4) is 0 Å². The number of nitrogens with one attached hydrogen (secondary N) is 3. The van der Waals surface area contributed by atoms with Crippen LogP contribution >= 0.6 is 0 Å². The highest BCUT2D eigenvalue weighted by molar-refractivity contribution is 6.00. The second-order valence-electron chi connectivity index (χ2n) is 5.78. The lowest BCUT2D eigenvalue weighted by molar-refractivity contribution is 0.636. The van der Waals surface area contributed by atoms with Crippen LogP contribution in [0.5, 0.6) is 0 Å². The van der Waals surface area contributed by atoms with Crippen LogP contribution in [0.25, 0.3) is 16.5 Å². The van der Waals surface area contributed by atoms with Gasteiger partial charge in [0.05, 0.1) is 6.21 Å². The number of benzene rings is 1. The van der Waals surface area contributed by atoms with Crippen LogP contribution in [0.4, 0.5) is 0 Å². The van der Waals surface area contributed by atoms with Crippen molar-refractivity contribution in [2.75, 3.05) is 7.05 Å². The summed E-state index contributed by atoms with van der Waals surface area (Å²) < 4.78 is 0. The fraction of sp³-hybridized carbons (Fsp3) is 0.316. The van der Waals surface area contributed by atoms with Crippen LogP contribution in [0.3, 0.4) is 0 Å². The second kappa shape index (κ2) is 7.79. The first-order chi connectivity index (χ1) is 11.1. The van der Waals surface area contributed by atoms with E-state index in [1.807, 2.05) is 0 Å². The number of nitrogens with zero attached hydrogens (tertiary/aromatic N) is 1. The number of hydrazine groups is 1. The monoisotopic (exact) mass is 310 g/mol. The van der Waals surface area contributed by atoms with Crippen LogP contribution < -0.4 is 11.0 Å². The Bertz CT molecular complexity index is 737. The van der Waals surface area contributed by atoms with Crippen LogP contribution in [0.2, 0.25) is 0 Å². The molecule has 4 nitrogen and oxygen atoms in total. The molecule has 0 atom stereocenters. The summed E-state index contributed by atoms with van der Waals surface area (Å²) in [7, 11) is 1.76. The van der Waals surface area contributed by atoms with Crippen molar-refractivity contribution in [3.05, 3.63) is 53.8 Å². The molecule has 2 rings (SSSR count). The summed E-state index contributed by atoms with van der Waals surface area (Å²) in [6.07, 6.45) is 5.22. The maximum absolute atomic E-state index is 4.12. The number of H-pyrrole nitrogens is 1.